The van der Waals surface area contributed by atoms with E-state index in [0.717, 1.165) is 36.8 Å². The predicted molar refractivity (Wildman–Crippen MR) is 84.8 cm³/mol. The Hall–Kier alpha value is -2.44. The van der Waals surface area contributed by atoms with Crippen LogP contribution in [0.25, 0.3) is 5.65 Å². The lowest BCUT2D eigenvalue weighted by Crippen LogP contribution is -2.17. The molecule has 0 fully saturated rings. The van der Waals surface area contributed by atoms with Gasteiger partial charge in [0, 0.05) is 30.9 Å². The summed E-state index contributed by atoms with van der Waals surface area (Å²) in [4.78, 5) is 4.03. The maximum atomic E-state index is 4.60. The zero-order chi connectivity index (χ0) is 15.6. The van der Waals surface area contributed by atoms with Gasteiger partial charge in [-0.1, -0.05) is 20.8 Å². The fourth-order valence-electron chi connectivity index (χ4n) is 2.25. The molecule has 0 atom stereocenters. The van der Waals surface area contributed by atoms with Crippen molar-refractivity contribution in [2.75, 3.05) is 11.9 Å². The summed E-state index contributed by atoms with van der Waals surface area (Å²) in [6.07, 6.45) is 6.60. The minimum Gasteiger partial charge on any atom is -0.369 e. The van der Waals surface area contributed by atoms with E-state index in [1.54, 1.807) is 6.20 Å². The molecule has 22 heavy (non-hydrogen) atoms. The predicted octanol–water partition coefficient (Wildman–Crippen LogP) is 2.12. The lowest BCUT2D eigenvalue weighted by Gasteiger charge is -2.15. The van der Waals surface area contributed by atoms with E-state index < -0.39 is 0 Å². The summed E-state index contributed by atoms with van der Waals surface area (Å²) in [5, 5.41) is 16.4. The van der Waals surface area contributed by atoms with Gasteiger partial charge in [0.05, 0.1) is 6.33 Å². The summed E-state index contributed by atoms with van der Waals surface area (Å²) < 4.78 is 3.88. The number of hydrogen-bond acceptors (Lipinski definition) is 5. The van der Waals surface area contributed by atoms with Crippen molar-refractivity contribution in [2.45, 2.75) is 39.2 Å². The van der Waals surface area contributed by atoms with Crippen LogP contribution in [0.1, 0.15) is 33.0 Å². The first-order valence-corrected chi connectivity index (χ1v) is 7.46. The summed E-state index contributed by atoms with van der Waals surface area (Å²) in [6, 6.07) is 3.88. The Labute approximate surface area is 129 Å². The van der Waals surface area contributed by atoms with Gasteiger partial charge >= 0.3 is 0 Å². The molecular formula is C15H21N7. The Balaban J connectivity index is 1.66. The monoisotopic (exact) mass is 299 g/mol. The van der Waals surface area contributed by atoms with Crippen LogP contribution >= 0.6 is 0 Å². The van der Waals surface area contributed by atoms with Crippen LogP contribution in [0.4, 0.5) is 5.82 Å². The molecular weight excluding hydrogens is 278 g/mol. The van der Waals surface area contributed by atoms with Crippen LogP contribution in [0.15, 0.2) is 30.9 Å². The van der Waals surface area contributed by atoms with Crippen molar-refractivity contribution in [3.8, 4) is 0 Å². The van der Waals surface area contributed by atoms with Crippen molar-refractivity contribution < 1.29 is 0 Å². The molecule has 0 aliphatic rings. The standard InChI is InChI=1S/C15H21N7/c1-15(2,3)14-19-18-13-6-5-12(20-22(13)14)17-7-4-9-21-10-8-16-11-21/h5-6,8,10-11H,4,7,9H2,1-3H3,(H,17,20). The molecule has 0 saturated carbocycles. The zero-order valence-electron chi connectivity index (χ0n) is 13.2. The summed E-state index contributed by atoms with van der Waals surface area (Å²) >= 11 is 0. The number of anilines is 1. The number of imidazole rings is 1. The molecule has 0 aliphatic carbocycles. The van der Waals surface area contributed by atoms with Crippen LogP contribution in [0, 0.1) is 0 Å². The molecule has 0 bridgehead atoms. The van der Waals surface area contributed by atoms with E-state index in [1.807, 2.05) is 29.2 Å². The minimum absolute atomic E-state index is 0.0908. The fraction of sp³-hybridized carbons (Fsp3) is 0.467. The number of aryl methyl sites for hydroxylation is 1. The van der Waals surface area contributed by atoms with Crippen molar-refractivity contribution in [1.82, 2.24) is 29.4 Å². The van der Waals surface area contributed by atoms with E-state index in [9.17, 15) is 0 Å². The van der Waals surface area contributed by atoms with Gasteiger partial charge in [0.2, 0.25) is 0 Å². The number of rotatable bonds is 5. The summed E-state index contributed by atoms with van der Waals surface area (Å²) in [5.41, 5.74) is 0.681. The van der Waals surface area contributed by atoms with Gasteiger partial charge in [-0.15, -0.1) is 15.3 Å². The topological polar surface area (TPSA) is 72.9 Å². The normalized spacial score (nSPS) is 12.0. The number of hydrogen-bond donors (Lipinski definition) is 1. The van der Waals surface area contributed by atoms with Crippen LogP contribution in [-0.2, 0) is 12.0 Å². The molecule has 0 aromatic carbocycles. The van der Waals surface area contributed by atoms with E-state index in [2.05, 4.69) is 50.9 Å². The third-order valence-corrected chi connectivity index (χ3v) is 3.39. The highest BCUT2D eigenvalue weighted by Crippen LogP contribution is 2.20. The molecule has 116 valence electrons. The quantitative estimate of drug-likeness (QED) is 0.731. The zero-order valence-corrected chi connectivity index (χ0v) is 13.2. The van der Waals surface area contributed by atoms with Gasteiger partial charge in [-0.2, -0.15) is 4.52 Å². The maximum Gasteiger partial charge on any atom is 0.178 e. The van der Waals surface area contributed by atoms with Crippen molar-refractivity contribution in [3.05, 3.63) is 36.7 Å². The number of nitrogens with zero attached hydrogens (tertiary/aromatic N) is 6. The number of nitrogens with one attached hydrogen (secondary N) is 1. The molecule has 7 heteroatoms. The smallest absolute Gasteiger partial charge is 0.178 e. The van der Waals surface area contributed by atoms with Gasteiger partial charge in [0.15, 0.2) is 11.5 Å². The van der Waals surface area contributed by atoms with Crippen molar-refractivity contribution in [1.29, 1.82) is 0 Å². The molecule has 0 aliphatic heterocycles. The summed E-state index contributed by atoms with van der Waals surface area (Å²) in [5.74, 6) is 1.70. The molecule has 0 radical (unpaired) electrons. The van der Waals surface area contributed by atoms with Crippen LogP contribution in [0.3, 0.4) is 0 Å². The second-order valence-corrected chi connectivity index (χ2v) is 6.34. The SMILES string of the molecule is CC(C)(C)c1nnc2ccc(NCCCn3ccnc3)nn12. The average Bonchev–Trinajstić information content (AvgIpc) is 3.11. The first kappa shape index (κ1) is 14.5. The van der Waals surface area contributed by atoms with Gasteiger partial charge in [-0.3, -0.25) is 0 Å². The molecule has 0 unspecified atom stereocenters. The van der Waals surface area contributed by atoms with Gasteiger partial charge < -0.3 is 9.88 Å². The molecule has 0 saturated heterocycles. The second-order valence-electron chi connectivity index (χ2n) is 6.34. The highest BCUT2D eigenvalue weighted by molar-refractivity contribution is 5.44. The van der Waals surface area contributed by atoms with Crippen LogP contribution < -0.4 is 5.32 Å². The van der Waals surface area contributed by atoms with Crippen LogP contribution in [-0.4, -0.2) is 35.9 Å². The summed E-state index contributed by atoms with van der Waals surface area (Å²) in [6.45, 7) is 8.11. The molecule has 0 amide bonds. The molecule has 3 aromatic heterocycles. The average molecular weight is 299 g/mol. The molecule has 1 N–H and O–H groups in total. The van der Waals surface area contributed by atoms with Gasteiger partial charge in [-0.05, 0) is 18.6 Å². The molecule has 3 rings (SSSR count). The van der Waals surface area contributed by atoms with Crippen LogP contribution in [0.5, 0.6) is 0 Å². The molecule has 3 heterocycles. The molecule has 7 nitrogen and oxygen atoms in total. The first-order valence-electron chi connectivity index (χ1n) is 7.46. The van der Waals surface area contributed by atoms with Crippen molar-refractivity contribution >= 4 is 11.5 Å². The second kappa shape index (κ2) is 5.75. The lowest BCUT2D eigenvalue weighted by molar-refractivity contribution is 0.527. The van der Waals surface area contributed by atoms with E-state index >= 15 is 0 Å². The van der Waals surface area contributed by atoms with Crippen LogP contribution in [0.2, 0.25) is 0 Å². The van der Waals surface area contributed by atoms with Gasteiger partial charge in [0.1, 0.15) is 5.82 Å². The van der Waals surface area contributed by atoms with Gasteiger partial charge in [-0.25, -0.2) is 4.98 Å². The fourth-order valence-corrected chi connectivity index (χ4v) is 2.25. The lowest BCUT2D eigenvalue weighted by atomic mass is 9.96. The largest absolute Gasteiger partial charge is 0.369 e. The summed E-state index contributed by atoms with van der Waals surface area (Å²) in [7, 11) is 0. The number of aromatic nitrogens is 6. The highest BCUT2D eigenvalue weighted by Gasteiger charge is 2.21. The Morgan fingerprint density at radius 3 is 2.77 bits per heavy atom. The van der Waals surface area contributed by atoms with E-state index in [-0.39, 0.29) is 5.41 Å². The van der Waals surface area contributed by atoms with E-state index in [4.69, 9.17) is 0 Å². The third kappa shape index (κ3) is 3.08. The van der Waals surface area contributed by atoms with E-state index in [1.165, 1.54) is 0 Å². The Bertz CT molecular complexity index is 737. The Morgan fingerprint density at radius 2 is 2.05 bits per heavy atom. The highest BCUT2D eigenvalue weighted by atomic mass is 15.4. The first-order chi connectivity index (χ1) is 10.5. The minimum atomic E-state index is -0.0908. The Kier molecular flexibility index (Phi) is 3.79. The number of fused-ring (bicyclic) bond motifs is 1. The maximum absolute atomic E-state index is 4.60. The third-order valence-electron chi connectivity index (χ3n) is 3.39. The van der Waals surface area contributed by atoms with Crippen molar-refractivity contribution in [3.63, 3.8) is 0 Å². The molecule has 3 aromatic rings. The van der Waals surface area contributed by atoms with Gasteiger partial charge in [0.25, 0.3) is 0 Å². The molecule has 0 spiro atoms. The van der Waals surface area contributed by atoms with Crippen molar-refractivity contribution in [2.24, 2.45) is 0 Å². The van der Waals surface area contributed by atoms with E-state index in [0.29, 0.717) is 0 Å². The Morgan fingerprint density at radius 1 is 1.18 bits per heavy atom.